The lowest BCUT2D eigenvalue weighted by molar-refractivity contribution is 0.0868. The van der Waals surface area contributed by atoms with Gasteiger partial charge >= 0.3 is 0 Å². The molecule has 9 heteroatoms. The second kappa shape index (κ2) is 7.26. The molecule has 142 valence electrons. The lowest BCUT2D eigenvalue weighted by Gasteiger charge is -2.28. The number of aryl methyl sites for hydroxylation is 1. The number of hydrogen-bond acceptors (Lipinski definition) is 5. The Kier molecular flexibility index (Phi) is 5.88. The number of nitrogens with one attached hydrogen (secondary N) is 1. The van der Waals surface area contributed by atoms with Crippen LogP contribution in [0.15, 0.2) is 15.4 Å². The molecule has 0 spiro atoms. The maximum Gasteiger partial charge on any atom is 0.287 e. The first-order valence-corrected chi connectivity index (χ1v) is 9.85. The molecule has 25 heavy (non-hydrogen) atoms. The van der Waals surface area contributed by atoms with E-state index in [0.29, 0.717) is 25.6 Å². The fourth-order valence-corrected chi connectivity index (χ4v) is 4.94. The van der Waals surface area contributed by atoms with Gasteiger partial charge in [0.05, 0.1) is 5.54 Å². The van der Waals surface area contributed by atoms with E-state index in [2.05, 4.69) is 5.32 Å². The maximum atomic E-state index is 12.7. The van der Waals surface area contributed by atoms with Crippen LogP contribution in [0.2, 0.25) is 0 Å². The van der Waals surface area contributed by atoms with E-state index in [4.69, 9.17) is 10.2 Å². The Hall–Kier alpha value is -1.09. The monoisotopic (exact) mass is 391 g/mol. The summed E-state index contributed by atoms with van der Waals surface area (Å²) >= 11 is 0. The molecule has 1 saturated carbocycles. The van der Waals surface area contributed by atoms with E-state index in [-0.39, 0.29) is 28.8 Å². The summed E-state index contributed by atoms with van der Waals surface area (Å²) < 4.78 is 32.2. The van der Waals surface area contributed by atoms with Gasteiger partial charge in [0, 0.05) is 25.7 Å². The second-order valence-corrected chi connectivity index (χ2v) is 8.90. The van der Waals surface area contributed by atoms with Crippen LogP contribution in [0.5, 0.6) is 0 Å². The van der Waals surface area contributed by atoms with Crippen LogP contribution >= 0.6 is 12.4 Å². The molecule has 1 amide bonds. The number of hydrogen-bond donors (Lipinski definition) is 2. The molecule has 2 heterocycles. The zero-order valence-corrected chi connectivity index (χ0v) is 16.2. The molecule has 1 aliphatic heterocycles. The van der Waals surface area contributed by atoms with Crippen LogP contribution in [0.3, 0.4) is 0 Å². The van der Waals surface area contributed by atoms with Crippen molar-refractivity contribution in [2.75, 3.05) is 19.6 Å². The van der Waals surface area contributed by atoms with Gasteiger partial charge in [0.15, 0.2) is 5.76 Å². The van der Waals surface area contributed by atoms with Crippen molar-refractivity contribution in [2.24, 2.45) is 11.7 Å². The summed E-state index contributed by atoms with van der Waals surface area (Å²) in [6, 6.07) is 1.34. The fraction of sp³-hybridized carbons (Fsp3) is 0.688. The molecule has 1 aliphatic carbocycles. The van der Waals surface area contributed by atoms with Crippen LogP contribution in [-0.4, -0.2) is 43.8 Å². The average molecular weight is 392 g/mol. The molecule has 0 aromatic carbocycles. The van der Waals surface area contributed by atoms with Crippen LogP contribution < -0.4 is 11.1 Å². The van der Waals surface area contributed by atoms with E-state index < -0.39 is 21.5 Å². The number of nitrogens with two attached hydrogens (primary N) is 1. The minimum atomic E-state index is -3.60. The highest BCUT2D eigenvalue weighted by Gasteiger charge is 2.42. The molecule has 2 fully saturated rings. The average Bonchev–Trinajstić information content (AvgIpc) is 3.09. The number of sulfonamides is 1. The molecule has 1 saturated heterocycles. The van der Waals surface area contributed by atoms with Gasteiger partial charge in [-0.1, -0.05) is 0 Å². The normalized spacial score (nSPS) is 20.8. The van der Waals surface area contributed by atoms with E-state index in [9.17, 15) is 13.2 Å². The Balaban J connectivity index is 0.00000225. The summed E-state index contributed by atoms with van der Waals surface area (Å²) in [5, 5.41) is 2.92. The van der Waals surface area contributed by atoms with Crippen LogP contribution in [0, 0.1) is 12.8 Å². The Morgan fingerprint density at radius 1 is 1.40 bits per heavy atom. The molecule has 2 aliphatic rings. The first-order chi connectivity index (χ1) is 11.3. The highest BCUT2D eigenvalue weighted by atomic mass is 35.5. The molecule has 1 aromatic rings. The van der Waals surface area contributed by atoms with Crippen molar-refractivity contribution in [1.29, 1.82) is 0 Å². The van der Waals surface area contributed by atoms with Crippen molar-refractivity contribution in [3.8, 4) is 0 Å². The van der Waals surface area contributed by atoms with Gasteiger partial charge in [-0.2, -0.15) is 4.31 Å². The Morgan fingerprint density at radius 3 is 2.52 bits per heavy atom. The van der Waals surface area contributed by atoms with Crippen molar-refractivity contribution >= 4 is 28.3 Å². The van der Waals surface area contributed by atoms with Crippen molar-refractivity contribution in [3.05, 3.63) is 17.6 Å². The number of furan rings is 1. The van der Waals surface area contributed by atoms with E-state index in [1.165, 1.54) is 10.4 Å². The van der Waals surface area contributed by atoms with Gasteiger partial charge in [0.25, 0.3) is 5.91 Å². The highest BCUT2D eigenvalue weighted by molar-refractivity contribution is 7.89. The van der Waals surface area contributed by atoms with E-state index >= 15 is 0 Å². The van der Waals surface area contributed by atoms with E-state index in [1.54, 1.807) is 6.92 Å². The predicted octanol–water partition coefficient (Wildman–Crippen LogP) is 1.65. The molecule has 1 aromatic heterocycles. The van der Waals surface area contributed by atoms with Gasteiger partial charge in [-0.25, -0.2) is 8.42 Å². The summed E-state index contributed by atoms with van der Waals surface area (Å²) in [5.74, 6) is 0.217. The Labute approximate surface area is 154 Å². The molecule has 7 nitrogen and oxygen atoms in total. The van der Waals surface area contributed by atoms with Gasteiger partial charge in [0.2, 0.25) is 10.0 Å². The summed E-state index contributed by atoms with van der Waals surface area (Å²) in [5.41, 5.74) is 5.33. The Morgan fingerprint density at radius 2 is 2.00 bits per heavy atom. The largest absolute Gasteiger partial charge is 0.455 e. The molecular weight excluding hydrogens is 366 g/mol. The lowest BCUT2D eigenvalue weighted by Crippen LogP contribution is -2.53. The standard InChI is InChI=1S/C16H25N3O4S.ClH/c1-11-14(24(21,22)19-7-3-4-8-19)9-13(23-11)15(20)18-16(2,10-17)12-5-6-12;/h9,12H,3-8,10,17H2,1-2H3,(H,18,20);1H. The lowest BCUT2D eigenvalue weighted by atomic mass is 9.96. The Bertz CT molecular complexity index is 739. The maximum absolute atomic E-state index is 12.7. The SMILES string of the molecule is Cc1oc(C(=O)NC(C)(CN)C2CC2)cc1S(=O)(=O)N1CCCC1.Cl. The molecule has 0 radical (unpaired) electrons. The number of rotatable bonds is 6. The van der Waals surface area contributed by atoms with Crippen LogP contribution in [-0.2, 0) is 10.0 Å². The van der Waals surface area contributed by atoms with Crippen LogP contribution in [0.1, 0.15) is 48.9 Å². The van der Waals surface area contributed by atoms with Crippen molar-refractivity contribution < 1.29 is 17.6 Å². The van der Waals surface area contributed by atoms with Gasteiger partial charge in [0.1, 0.15) is 10.7 Å². The number of carbonyl (C=O) groups excluding carboxylic acids is 1. The summed E-state index contributed by atoms with van der Waals surface area (Å²) in [6.45, 7) is 4.86. The molecular formula is C16H26ClN3O4S. The minimum absolute atomic E-state index is 0. The summed E-state index contributed by atoms with van der Waals surface area (Å²) in [4.78, 5) is 12.6. The van der Waals surface area contributed by atoms with Crippen molar-refractivity contribution in [2.45, 2.75) is 50.0 Å². The fourth-order valence-electron chi connectivity index (χ4n) is 3.26. The summed E-state index contributed by atoms with van der Waals surface area (Å²) in [6.07, 6.45) is 3.80. The number of amides is 1. The third-order valence-electron chi connectivity index (χ3n) is 5.08. The molecule has 1 unspecified atom stereocenters. The van der Waals surface area contributed by atoms with Crippen LogP contribution in [0.25, 0.3) is 0 Å². The highest BCUT2D eigenvalue weighted by Crippen LogP contribution is 2.39. The molecule has 1 atom stereocenters. The molecule has 3 rings (SSSR count). The second-order valence-electron chi connectivity index (χ2n) is 6.99. The van der Waals surface area contributed by atoms with Gasteiger partial charge in [-0.3, -0.25) is 4.79 Å². The third-order valence-corrected chi connectivity index (χ3v) is 7.09. The van der Waals surface area contributed by atoms with E-state index in [1.807, 2.05) is 6.92 Å². The third kappa shape index (κ3) is 3.86. The predicted molar refractivity (Wildman–Crippen MR) is 96.3 cm³/mol. The zero-order valence-electron chi connectivity index (χ0n) is 14.6. The number of halogens is 1. The van der Waals surface area contributed by atoms with Crippen molar-refractivity contribution in [3.63, 3.8) is 0 Å². The van der Waals surface area contributed by atoms with Crippen molar-refractivity contribution in [1.82, 2.24) is 9.62 Å². The van der Waals surface area contributed by atoms with Gasteiger partial charge in [-0.15, -0.1) is 12.4 Å². The quantitative estimate of drug-likeness (QED) is 0.766. The van der Waals surface area contributed by atoms with Gasteiger partial charge in [-0.05, 0) is 45.4 Å². The number of nitrogens with zero attached hydrogens (tertiary/aromatic N) is 1. The van der Waals surface area contributed by atoms with E-state index in [0.717, 1.165) is 25.7 Å². The number of carbonyl (C=O) groups is 1. The van der Waals surface area contributed by atoms with Crippen LogP contribution in [0.4, 0.5) is 0 Å². The first kappa shape index (κ1) is 20.2. The summed E-state index contributed by atoms with van der Waals surface area (Å²) in [7, 11) is -3.60. The molecule has 3 N–H and O–H groups in total. The topological polar surface area (TPSA) is 106 Å². The van der Waals surface area contributed by atoms with Gasteiger partial charge < -0.3 is 15.5 Å². The minimum Gasteiger partial charge on any atom is -0.455 e. The zero-order chi connectivity index (χ0) is 17.5. The smallest absolute Gasteiger partial charge is 0.287 e. The first-order valence-electron chi connectivity index (χ1n) is 8.41. The molecule has 0 bridgehead atoms.